The summed E-state index contributed by atoms with van der Waals surface area (Å²) in [6, 6.07) is 19.7. The summed E-state index contributed by atoms with van der Waals surface area (Å²) in [6.07, 6.45) is 3.68. The van der Waals surface area contributed by atoms with Crippen molar-refractivity contribution in [2.75, 3.05) is 4.90 Å². The molecule has 0 radical (unpaired) electrons. The summed E-state index contributed by atoms with van der Waals surface area (Å²) in [6.45, 7) is 4.58. The molecule has 0 saturated heterocycles. The molecule has 4 rings (SSSR count). The molecular weight excluding hydrogens is 348 g/mol. The van der Waals surface area contributed by atoms with E-state index in [2.05, 4.69) is 18.0 Å². The number of nitrogens with zero attached hydrogens (tertiary/aromatic N) is 2. The number of fused-ring (bicyclic) bond motifs is 1. The van der Waals surface area contributed by atoms with Gasteiger partial charge in [0, 0.05) is 17.1 Å². The fourth-order valence-electron chi connectivity index (χ4n) is 3.59. The normalized spacial score (nSPS) is 10.9. The van der Waals surface area contributed by atoms with Crippen LogP contribution in [0.15, 0.2) is 77.5 Å². The number of rotatable bonds is 5. The summed E-state index contributed by atoms with van der Waals surface area (Å²) in [4.78, 5) is 19.4. The number of carbonyl (C=O) groups is 1. The van der Waals surface area contributed by atoms with Gasteiger partial charge in [-0.25, -0.2) is 4.98 Å². The third-order valence-corrected chi connectivity index (χ3v) is 4.85. The topological polar surface area (TPSA) is 46.3 Å². The Kier molecular flexibility index (Phi) is 4.94. The smallest absolute Gasteiger partial charge is 0.233 e. The van der Waals surface area contributed by atoms with E-state index in [1.165, 1.54) is 0 Å². The first kappa shape index (κ1) is 18.0. The molecule has 1 amide bonds. The Morgan fingerprint density at radius 1 is 1.04 bits per heavy atom. The quantitative estimate of drug-likeness (QED) is 0.484. The predicted molar refractivity (Wildman–Crippen MR) is 111 cm³/mol. The zero-order valence-corrected chi connectivity index (χ0v) is 16.1. The number of hydrogen-bond donors (Lipinski definition) is 0. The zero-order valence-electron chi connectivity index (χ0n) is 16.1. The highest BCUT2D eigenvalue weighted by Crippen LogP contribution is 2.27. The molecule has 0 spiro atoms. The van der Waals surface area contributed by atoms with Gasteiger partial charge in [-0.2, -0.15) is 0 Å². The molecule has 0 N–H and O–H groups in total. The van der Waals surface area contributed by atoms with Crippen molar-refractivity contribution in [3.8, 4) is 0 Å². The number of pyridine rings is 1. The Balaban J connectivity index is 1.66. The molecule has 0 aliphatic heterocycles. The number of amides is 1. The van der Waals surface area contributed by atoms with Gasteiger partial charge in [0.2, 0.25) is 5.91 Å². The Morgan fingerprint density at radius 3 is 2.57 bits per heavy atom. The van der Waals surface area contributed by atoms with Gasteiger partial charge in [0.1, 0.15) is 11.4 Å². The van der Waals surface area contributed by atoms with Gasteiger partial charge in [0.15, 0.2) is 0 Å². The van der Waals surface area contributed by atoms with Crippen LogP contribution in [0.2, 0.25) is 0 Å². The van der Waals surface area contributed by atoms with E-state index in [-0.39, 0.29) is 12.3 Å². The maximum atomic E-state index is 13.3. The fourth-order valence-corrected chi connectivity index (χ4v) is 3.59. The molecule has 4 nitrogen and oxygen atoms in total. The van der Waals surface area contributed by atoms with E-state index in [9.17, 15) is 4.79 Å². The number of hydrogen-bond acceptors (Lipinski definition) is 3. The average Bonchev–Trinajstić information content (AvgIpc) is 3.10. The highest BCUT2D eigenvalue weighted by molar-refractivity contribution is 5.97. The van der Waals surface area contributed by atoms with Crippen molar-refractivity contribution in [2.24, 2.45) is 0 Å². The lowest BCUT2D eigenvalue weighted by Crippen LogP contribution is -2.32. The van der Waals surface area contributed by atoms with E-state index in [1.54, 1.807) is 17.4 Å². The summed E-state index contributed by atoms with van der Waals surface area (Å²) in [5.41, 5.74) is 5.07. The summed E-state index contributed by atoms with van der Waals surface area (Å²) >= 11 is 0. The molecule has 140 valence electrons. The largest absolute Gasteiger partial charge is 0.464 e. The van der Waals surface area contributed by atoms with Crippen LogP contribution >= 0.6 is 0 Å². The van der Waals surface area contributed by atoms with Crippen molar-refractivity contribution >= 4 is 22.7 Å². The highest BCUT2D eigenvalue weighted by atomic mass is 16.3. The van der Waals surface area contributed by atoms with E-state index in [0.29, 0.717) is 12.4 Å². The van der Waals surface area contributed by atoms with E-state index >= 15 is 0 Å². The molecule has 0 aliphatic rings. The second-order valence-electron chi connectivity index (χ2n) is 7.05. The number of aromatic nitrogens is 1. The van der Waals surface area contributed by atoms with Crippen LogP contribution < -0.4 is 4.90 Å². The Hall–Kier alpha value is -3.40. The summed E-state index contributed by atoms with van der Waals surface area (Å²) in [5, 5.41) is 1.03. The van der Waals surface area contributed by atoms with Crippen LogP contribution in [0.3, 0.4) is 0 Å². The Bertz CT molecular complexity index is 1100. The monoisotopic (exact) mass is 370 g/mol. The van der Waals surface area contributed by atoms with Crippen molar-refractivity contribution in [3.63, 3.8) is 0 Å². The van der Waals surface area contributed by atoms with Crippen LogP contribution in [0.4, 0.5) is 5.82 Å². The van der Waals surface area contributed by atoms with E-state index in [0.717, 1.165) is 33.2 Å². The first-order valence-corrected chi connectivity index (χ1v) is 9.34. The lowest BCUT2D eigenvalue weighted by Gasteiger charge is -2.22. The molecule has 0 saturated carbocycles. The van der Waals surface area contributed by atoms with E-state index in [4.69, 9.17) is 4.42 Å². The standard InChI is InChI=1S/C24H22N2O2/c1-17-12-18(2)24-20(16-28-21(24)13-17)14-23(27)26(22-10-6-7-11-25-22)15-19-8-4-3-5-9-19/h3-13,16H,14-15H2,1-2H3. The molecule has 28 heavy (non-hydrogen) atoms. The first-order valence-electron chi connectivity index (χ1n) is 9.34. The minimum Gasteiger partial charge on any atom is -0.464 e. The Morgan fingerprint density at radius 2 is 1.82 bits per heavy atom. The van der Waals surface area contributed by atoms with Crippen molar-refractivity contribution in [1.29, 1.82) is 0 Å². The average molecular weight is 370 g/mol. The minimum atomic E-state index is -0.00905. The van der Waals surface area contributed by atoms with Gasteiger partial charge in [0.25, 0.3) is 0 Å². The predicted octanol–water partition coefficient (Wildman–Crippen LogP) is 5.22. The van der Waals surface area contributed by atoms with Crippen molar-refractivity contribution in [2.45, 2.75) is 26.8 Å². The summed E-state index contributed by atoms with van der Waals surface area (Å²) in [7, 11) is 0. The summed E-state index contributed by atoms with van der Waals surface area (Å²) in [5.74, 6) is 0.641. The second kappa shape index (κ2) is 7.69. The van der Waals surface area contributed by atoms with Crippen molar-refractivity contribution in [1.82, 2.24) is 4.98 Å². The molecule has 0 atom stereocenters. The van der Waals surface area contributed by atoms with E-state index < -0.39 is 0 Å². The van der Waals surface area contributed by atoms with Gasteiger partial charge in [0.05, 0.1) is 19.2 Å². The number of anilines is 1. The number of furan rings is 1. The van der Waals surface area contributed by atoms with Gasteiger partial charge in [-0.3, -0.25) is 9.69 Å². The molecular formula is C24H22N2O2. The number of benzene rings is 2. The van der Waals surface area contributed by atoms with Gasteiger partial charge < -0.3 is 4.42 Å². The van der Waals surface area contributed by atoms with Crippen LogP contribution in [0.5, 0.6) is 0 Å². The van der Waals surface area contributed by atoms with E-state index in [1.807, 2.05) is 61.5 Å². The first-order chi connectivity index (χ1) is 13.6. The van der Waals surface area contributed by atoms with Crippen LogP contribution in [0, 0.1) is 13.8 Å². The van der Waals surface area contributed by atoms with Gasteiger partial charge in [-0.05, 0) is 48.7 Å². The maximum absolute atomic E-state index is 13.3. The Labute approximate surface area is 164 Å². The lowest BCUT2D eigenvalue weighted by atomic mass is 10.0. The number of aryl methyl sites for hydroxylation is 2. The maximum Gasteiger partial charge on any atom is 0.233 e. The lowest BCUT2D eigenvalue weighted by molar-refractivity contribution is -0.118. The third-order valence-electron chi connectivity index (χ3n) is 4.85. The molecule has 4 heteroatoms. The van der Waals surface area contributed by atoms with Crippen LogP contribution in [-0.4, -0.2) is 10.9 Å². The molecule has 2 aromatic carbocycles. The molecule has 2 heterocycles. The SMILES string of the molecule is Cc1cc(C)c2c(CC(=O)N(Cc3ccccc3)c3ccccn3)coc2c1. The molecule has 2 aromatic heterocycles. The van der Waals surface area contributed by atoms with Crippen LogP contribution in [0.25, 0.3) is 11.0 Å². The third kappa shape index (κ3) is 3.67. The molecule has 4 aromatic rings. The fraction of sp³-hybridized carbons (Fsp3) is 0.167. The highest BCUT2D eigenvalue weighted by Gasteiger charge is 2.20. The second-order valence-corrected chi connectivity index (χ2v) is 7.05. The summed E-state index contributed by atoms with van der Waals surface area (Å²) < 4.78 is 5.73. The molecule has 0 bridgehead atoms. The van der Waals surface area contributed by atoms with Crippen molar-refractivity contribution < 1.29 is 9.21 Å². The minimum absolute atomic E-state index is 0.00905. The van der Waals surface area contributed by atoms with Gasteiger partial charge >= 0.3 is 0 Å². The van der Waals surface area contributed by atoms with Crippen molar-refractivity contribution in [3.05, 3.63) is 95.4 Å². The zero-order chi connectivity index (χ0) is 19.5. The van der Waals surface area contributed by atoms with Crippen LogP contribution in [-0.2, 0) is 17.8 Å². The molecule has 0 unspecified atom stereocenters. The molecule has 0 aliphatic carbocycles. The van der Waals surface area contributed by atoms with Crippen LogP contribution in [0.1, 0.15) is 22.3 Å². The van der Waals surface area contributed by atoms with Gasteiger partial charge in [-0.15, -0.1) is 0 Å². The van der Waals surface area contributed by atoms with Gasteiger partial charge in [-0.1, -0.05) is 42.5 Å². The number of carbonyl (C=O) groups excluding carboxylic acids is 1. The molecule has 0 fully saturated rings.